The quantitative estimate of drug-likeness (QED) is 0.751. The maximum absolute atomic E-state index is 5.85. The molecule has 0 aliphatic carbocycles. The number of nitrogens with two attached hydrogens (primary N) is 1. The first kappa shape index (κ1) is 12.9. The van der Waals surface area contributed by atoms with Gasteiger partial charge in [-0.25, -0.2) is 0 Å². The molecule has 0 aliphatic rings. The van der Waals surface area contributed by atoms with Crippen molar-refractivity contribution in [1.82, 2.24) is 5.16 Å². The van der Waals surface area contributed by atoms with Crippen molar-refractivity contribution in [3.8, 4) is 11.3 Å². The molecule has 0 saturated heterocycles. The van der Waals surface area contributed by atoms with E-state index in [1.54, 1.807) is 0 Å². The Kier molecular flexibility index (Phi) is 3.77. The summed E-state index contributed by atoms with van der Waals surface area (Å²) in [6.45, 7) is 4.16. The van der Waals surface area contributed by atoms with E-state index in [2.05, 4.69) is 63.6 Å². The van der Waals surface area contributed by atoms with Gasteiger partial charge in [0.25, 0.3) is 0 Å². The van der Waals surface area contributed by atoms with Crippen molar-refractivity contribution in [3.63, 3.8) is 0 Å². The minimum absolute atomic E-state index is 0.279. The highest BCUT2D eigenvalue weighted by Crippen LogP contribution is 2.37. The summed E-state index contributed by atoms with van der Waals surface area (Å²) in [5.41, 5.74) is 7.80. The summed E-state index contributed by atoms with van der Waals surface area (Å²) in [5.74, 6) is 1.50. The summed E-state index contributed by atoms with van der Waals surface area (Å²) in [6, 6.07) is 6.08. The highest BCUT2D eigenvalue weighted by Gasteiger charge is 2.20. The van der Waals surface area contributed by atoms with Crippen LogP contribution in [-0.4, -0.2) is 5.16 Å². The molecule has 2 N–H and O–H groups in total. The average Bonchev–Trinajstić information content (AvgIpc) is 2.64. The summed E-state index contributed by atoms with van der Waals surface area (Å²) < 4.78 is 7.50. The summed E-state index contributed by atoms with van der Waals surface area (Å²) in [5, 5.41) is 3.86. The SMILES string of the molecule is CC(C)c1c(N)noc1-c1cc(I)ccc1Br. The van der Waals surface area contributed by atoms with Crippen molar-refractivity contribution >= 4 is 44.3 Å². The second-order valence-electron chi connectivity index (χ2n) is 4.09. The van der Waals surface area contributed by atoms with Gasteiger partial charge in [-0.15, -0.1) is 0 Å². The lowest BCUT2D eigenvalue weighted by atomic mass is 9.99. The number of benzene rings is 1. The molecule has 1 aromatic heterocycles. The summed E-state index contributed by atoms with van der Waals surface area (Å²) in [4.78, 5) is 0. The van der Waals surface area contributed by atoms with Gasteiger partial charge in [0.05, 0.1) is 0 Å². The van der Waals surface area contributed by atoms with E-state index in [-0.39, 0.29) is 5.92 Å². The van der Waals surface area contributed by atoms with Crippen LogP contribution in [0.3, 0.4) is 0 Å². The minimum atomic E-state index is 0.279. The van der Waals surface area contributed by atoms with Crippen LogP contribution in [0.15, 0.2) is 27.2 Å². The average molecular weight is 407 g/mol. The van der Waals surface area contributed by atoms with Crippen LogP contribution in [0.1, 0.15) is 25.3 Å². The van der Waals surface area contributed by atoms with Crippen LogP contribution >= 0.6 is 38.5 Å². The van der Waals surface area contributed by atoms with Crippen LogP contribution in [-0.2, 0) is 0 Å². The van der Waals surface area contributed by atoms with Crippen LogP contribution < -0.4 is 5.73 Å². The van der Waals surface area contributed by atoms with Crippen LogP contribution in [0.2, 0.25) is 0 Å². The zero-order chi connectivity index (χ0) is 12.6. The molecular formula is C12H12BrIN2O. The molecule has 17 heavy (non-hydrogen) atoms. The third-order valence-electron chi connectivity index (χ3n) is 2.51. The van der Waals surface area contributed by atoms with Gasteiger partial charge in [-0.1, -0.05) is 34.9 Å². The molecule has 0 saturated carbocycles. The summed E-state index contributed by atoms with van der Waals surface area (Å²) >= 11 is 5.80. The first-order chi connectivity index (χ1) is 8.00. The smallest absolute Gasteiger partial charge is 0.173 e. The number of hydrogen-bond acceptors (Lipinski definition) is 3. The van der Waals surface area contributed by atoms with Crippen molar-refractivity contribution < 1.29 is 4.52 Å². The van der Waals surface area contributed by atoms with Gasteiger partial charge in [0.15, 0.2) is 11.6 Å². The first-order valence-electron chi connectivity index (χ1n) is 5.21. The molecule has 1 heterocycles. The lowest BCUT2D eigenvalue weighted by Crippen LogP contribution is -1.95. The fourth-order valence-electron chi connectivity index (χ4n) is 1.73. The van der Waals surface area contributed by atoms with Crippen LogP contribution in [0.25, 0.3) is 11.3 Å². The van der Waals surface area contributed by atoms with Crippen molar-refractivity contribution in [3.05, 3.63) is 31.8 Å². The molecule has 0 amide bonds. The predicted octanol–water partition coefficient (Wildman–Crippen LogP) is 4.41. The molecular weight excluding hydrogens is 395 g/mol. The van der Waals surface area contributed by atoms with E-state index in [0.717, 1.165) is 24.9 Å². The van der Waals surface area contributed by atoms with Crippen molar-refractivity contribution in [1.29, 1.82) is 0 Å². The molecule has 0 unspecified atom stereocenters. The van der Waals surface area contributed by atoms with Crippen molar-refractivity contribution in [2.24, 2.45) is 0 Å². The largest absolute Gasteiger partial charge is 0.381 e. The van der Waals surface area contributed by atoms with Crippen LogP contribution in [0.5, 0.6) is 0 Å². The number of aromatic nitrogens is 1. The minimum Gasteiger partial charge on any atom is -0.381 e. The third-order valence-corrected chi connectivity index (χ3v) is 3.87. The first-order valence-corrected chi connectivity index (χ1v) is 7.08. The van der Waals surface area contributed by atoms with Crippen LogP contribution in [0.4, 0.5) is 5.82 Å². The number of nitrogens with zero attached hydrogens (tertiary/aromatic N) is 1. The Morgan fingerprint density at radius 1 is 1.41 bits per heavy atom. The summed E-state index contributed by atoms with van der Waals surface area (Å²) in [6.07, 6.45) is 0. The van der Waals surface area contributed by atoms with Gasteiger partial charge in [0.1, 0.15) is 0 Å². The van der Waals surface area contributed by atoms with Crippen molar-refractivity contribution in [2.45, 2.75) is 19.8 Å². The molecule has 2 aromatic rings. The molecule has 90 valence electrons. The normalized spacial score (nSPS) is 11.1. The zero-order valence-corrected chi connectivity index (χ0v) is 13.2. The fraction of sp³-hybridized carbons (Fsp3) is 0.250. The monoisotopic (exact) mass is 406 g/mol. The number of rotatable bonds is 2. The highest BCUT2D eigenvalue weighted by molar-refractivity contribution is 14.1. The predicted molar refractivity (Wildman–Crippen MR) is 80.9 cm³/mol. The van der Waals surface area contributed by atoms with E-state index in [1.807, 2.05) is 12.1 Å². The molecule has 3 nitrogen and oxygen atoms in total. The Bertz CT molecular complexity index is 551. The van der Waals surface area contributed by atoms with E-state index in [9.17, 15) is 0 Å². The number of anilines is 1. The van der Waals surface area contributed by atoms with Gasteiger partial charge in [-0.2, -0.15) is 0 Å². The molecule has 0 spiro atoms. The number of hydrogen-bond donors (Lipinski definition) is 1. The molecule has 0 aliphatic heterocycles. The zero-order valence-electron chi connectivity index (χ0n) is 9.50. The van der Waals surface area contributed by atoms with E-state index in [0.29, 0.717) is 5.82 Å². The Morgan fingerprint density at radius 2 is 2.12 bits per heavy atom. The Labute approximate surface area is 122 Å². The Morgan fingerprint density at radius 3 is 2.76 bits per heavy atom. The molecule has 5 heteroatoms. The number of halogens is 2. The van der Waals surface area contributed by atoms with Crippen molar-refractivity contribution in [2.75, 3.05) is 5.73 Å². The maximum Gasteiger partial charge on any atom is 0.173 e. The molecule has 2 rings (SSSR count). The number of nitrogen functional groups attached to an aromatic ring is 1. The summed E-state index contributed by atoms with van der Waals surface area (Å²) in [7, 11) is 0. The van der Waals surface area contributed by atoms with E-state index >= 15 is 0 Å². The fourth-order valence-corrected chi connectivity index (χ4v) is 2.65. The van der Waals surface area contributed by atoms with Gasteiger partial charge in [0.2, 0.25) is 0 Å². The lowest BCUT2D eigenvalue weighted by molar-refractivity contribution is 0.434. The highest BCUT2D eigenvalue weighted by atomic mass is 127. The second kappa shape index (κ2) is 4.97. The lowest BCUT2D eigenvalue weighted by Gasteiger charge is -2.07. The molecule has 1 aromatic carbocycles. The van der Waals surface area contributed by atoms with E-state index in [4.69, 9.17) is 10.3 Å². The van der Waals surface area contributed by atoms with Gasteiger partial charge < -0.3 is 10.3 Å². The van der Waals surface area contributed by atoms with Gasteiger partial charge in [-0.3, -0.25) is 0 Å². The topological polar surface area (TPSA) is 52.0 Å². The van der Waals surface area contributed by atoms with E-state index < -0.39 is 0 Å². The Balaban J connectivity index is 2.64. The standard InChI is InChI=1S/C12H12BrIN2O/c1-6(2)10-11(17-16-12(10)15)8-5-7(14)3-4-9(8)13/h3-6H,1-2H3,(H2,15,16). The van der Waals surface area contributed by atoms with Crippen LogP contribution in [0, 0.1) is 3.57 Å². The molecule has 0 bridgehead atoms. The van der Waals surface area contributed by atoms with E-state index in [1.165, 1.54) is 0 Å². The van der Waals surface area contributed by atoms with Gasteiger partial charge >= 0.3 is 0 Å². The molecule has 0 atom stereocenters. The second-order valence-corrected chi connectivity index (χ2v) is 6.19. The maximum atomic E-state index is 5.85. The van der Waals surface area contributed by atoms with Gasteiger partial charge in [0, 0.05) is 19.2 Å². The third kappa shape index (κ3) is 2.49. The van der Waals surface area contributed by atoms with Gasteiger partial charge in [-0.05, 0) is 46.7 Å². The Hall–Kier alpha value is -0.560. The molecule has 0 radical (unpaired) electrons. The molecule has 0 fully saturated rings.